The van der Waals surface area contributed by atoms with Crippen LogP contribution >= 0.6 is 12.4 Å². The molecule has 4 nitrogen and oxygen atoms in total. The van der Waals surface area contributed by atoms with Gasteiger partial charge >= 0.3 is 0 Å². The fourth-order valence-electron chi connectivity index (χ4n) is 3.20. The van der Waals surface area contributed by atoms with Crippen LogP contribution in [0, 0.1) is 12.8 Å². The fourth-order valence-corrected chi connectivity index (χ4v) is 3.20. The Kier molecular flexibility index (Phi) is 6.45. The van der Waals surface area contributed by atoms with Gasteiger partial charge in [0.15, 0.2) is 0 Å². The van der Waals surface area contributed by atoms with Crippen LogP contribution in [-0.4, -0.2) is 43.0 Å². The molecule has 1 saturated carbocycles. The number of nitrogens with one attached hydrogen (secondary N) is 2. The summed E-state index contributed by atoms with van der Waals surface area (Å²) in [5.41, 5.74) is 2.51. The Bertz CT molecular complexity index is 516. The number of nitrogens with zero attached hydrogens (tertiary/aromatic N) is 1. The van der Waals surface area contributed by atoms with E-state index in [0.29, 0.717) is 18.5 Å². The highest BCUT2D eigenvalue weighted by atomic mass is 35.5. The smallest absolute Gasteiger partial charge is 0.234 e. The van der Waals surface area contributed by atoms with Crippen molar-refractivity contribution in [1.82, 2.24) is 15.5 Å². The summed E-state index contributed by atoms with van der Waals surface area (Å²) in [5, 5.41) is 6.65. The van der Waals surface area contributed by atoms with Gasteiger partial charge in [-0.25, -0.2) is 0 Å². The lowest BCUT2D eigenvalue weighted by Gasteiger charge is -2.33. The normalized spacial score (nSPS) is 23.0. The molecule has 0 radical (unpaired) electrons. The summed E-state index contributed by atoms with van der Waals surface area (Å²) in [7, 11) is 0. The molecule has 1 saturated heterocycles. The average Bonchev–Trinajstić information content (AvgIpc) is 3.33. The van der Waals surface area contributed by atoms with E-state index in [1.807, 2.05) is 0 Å². The first kappa shape index (κ1) is 18.2. The summed E-state index contributed by atoms with van der Waals surface area (Å²) >= 11 is 0. The number of hydrogen-bond donors (Lipinski definition) is 2. The third-order valence-corrected chi connectivity index (χ3v) is 4.83. The second-order valence-electron chi connectivity index (χ2n) is 6.82. The van der Waals surface area contributed by atoms with Crippen LogP contribution in [0.1, 0.15) is 36.9 Å². The second-order valence-corrected chi connectivity index (χ2v) is 6.82. The molecule has 5 heteroatoms. The topological polar surface area (TPSA) is 44.4 Å². The standard InChI is InChI=1S/C18H27N3O.ClH/c1-13-3-5-15(6-4-13)18(16-7-8-16)20-17(22)12-21-10-9-19-11-14(21)2;/h3-6,14,16,18-19H,7-12H2,1-2H3,(H,20,22);1H/t14-,18?;/m0./s1. The van der Waals surface area contributed by atoms with Gasteiger partial charge in [0.25, 0.3) is 0 Å². The molecule has 3 rings (SSSR count). The van der Waals surface area contributed by atoms with Crippen LogP contribution in [0.4, 0.5) is 0 Å². The highest BCUT2D eigenvalue weighted by Gasteiger charge is 2.33. The van der Waals surface area contributed by atoms with Crippen LogP contribution in [0.2, 0.25) is 0 Å². The lowest BCUT2D eigenvalue weighted by Crippen LogP contribution is -2.53. The maximum absolute atomic E-state index is 12.5. The zero-order valence-corrected chi connectivity index (χ0v) is 14.9. The monoisotopic (exact) mass is 337 g/mol. The minimum atomic E-state index is 0. The molecule has 0 bridgehead atoms. The van der Waals surface area contributed by atoms with Gasteiger partial charge in [0.2, 0.25) is 5.91 Å². The third kappa shape index (κ3) is 4.93. The van der Waals surface area contributed by atoms with Crippen LogP contribution < -0.4 is 10.6 Å². The highest BCUT2D eigenvalue weighted by molar-refractivity contribution is 5.85. The predicted molar refractivity (Wildman–Crippen MR) is 95.9 cm³/mol. The van der Waals surface area contributed by atoms with Crippen molar-refractivity contribution in [3.05, 3.63) is 35.4 Å². The first-order chi connectivity index (χ1) is 10.6. The summed E-state index contributed by atoms with van der Waals surface area (Å²) in [6.45, 7) is 7.68. The summed E-state index contributed by atoms with van der Waals surface area (Å²) < 4.78 is 0. The lowest BCUT2D eigenvalue weighted by molar-refractivity contribution is -0.123. The van der Waals surface area contributed by atoms with Gasteiger partial charge in [-0.15, -0.1) is 12.4 Å². The van der Waals surface area contributed by atoms with E-state index in [4.69, 9.17) is 0 Å². The van der Waals surface area contributed by atoms with Crippen molar-refractivity contribution >= 4 is 18.3 Å². The van der Waals surface area contributed by atoms with Gasteiger partial charge in [0.05, 0.1) is 12.6 Å². The number of carbonyl (C=O) groups is 1. The summed E-state index contributed by atoms with van der Waals surface area (Å²) in [5.74, 6) is 0.776. The SMILES string of the molecule is Cc1ccc(C(NC(=O)CN2CCNC[C@@H]2C)C2CC2)cc1.Cl. The van der Waals surface area contributed by atoms with Crippen LogP contribution in [0.25, 0.3) is 0 Å². The molecule has 1 aromatic rings. The fraction of sp³-hybridized carbons (Fsp3) is 0.611. The first-order valence-electron chi connectivity index (χ1n) is 8.44. The number of rotatable bonds is 5. The van der Waals surface area contributed by atoms with E-state index >= 15 is 0 Å². The molecule has 0 aromatic heterocycles. The number of halogens is 1. The van der Waals surface area contributed by atoms with E-state index in [9.17, 15) is 4.79 Å². The second kappa shape index (κ2) is 8.13. The molecule has 2 N–H and O–H groups in total. The molecule has 2 fully saturated rings. The van der Waals surface area contributed by atoms with Crippen molar-refractivity contribution in [1.29, 1.82) is 0 Å². The van der Waals surface area contributed by atoms with Gasteiger partial charge in [0.1, 0.15) is 0 Å². The van der Waals surface area contributed by atoms with E-state index in [2.05, 4.69) is 53.6 Å². The van der Waals surface area contributed by atoms with Gasteiger partial charge in [-0.3, -0.25) is 9.69 Å². The summed E-state index contributed by atoms with van der Waals surface area (Å²) in [6.07, 6.45) is 2.45. The number of piperazine rings is 1. The molecule has 2 atom stereocenters. The van der Waals surface area contributed by atoms with E-state index in [1.54, 1.807) is 0 Å². The maximum atomic E-state index is 12.5. The van der Waals surface area contributed by atoms with E-state index in [1.165, 1.54) is 24.0 Å². The van der Waals surface area contributed by atoms with E-state index < -0.39 is 0 Å². The molecule has 0 spiro atoms. The quantitative estimate of drug-likeness (QED) is 0.866. The zero-order chi connectivity index (χ0) is 15.5. The van der Waals surface area contributed by atoms with Gasteiger partial charge in [-0.05, 0) is 38.2 Å². The molecule has 2 aliphatic rings. The molecular weight excluding hydrogens is 310 g/mol. The molecule has 1 aliphatic carbocycles. The Hall–Kier alpha value is -1.10. The van der Waals surface area contributed by atoms with E-state index in [-0.39, 0.29) is 24.4 Å². The molecule has 1 aliphatic heterocycles. The Balaban J connectivity index is 0.00000192. The van der Waals surface area contributed by atoms with Crippen molar-refractivity contribution in [2.45, 2.75) is 38.8 Å². The largest absolute Gasteiger partial charge is 0.348 e. The molecular formula is C18H28ClN3O. The first-order valence-corrected chi connectivity index (χ1v) is 8.44. The number of aryl methyl sites for hydroxylation is 1. The Morgan fingerprint density at radius 2 is 2.04 bits per heavy atom. The van der Waals surface area contributed by atoms with E-state index in [0.717, 1.165) is 19.6 Å². The van der Waals surface area contributed by atoms with Crippen LogP contribution in [-0.2, 0) is 4.79 Å². The molecule has 1 aromatic carbocycles. The van der Waals surface area contributed by atoms with Crippen molar-refractivity contribution in [3.63, 3.8) is 0 Å². The number of hydrogen-bond acceptors (Lipinski definition) is 3. The Morgan fingerprint density at radius 3 is 2.65 bits per heavy atom. The van der Waals surface area contributed by atoms with Crippen molar-refractivity contribution in [3.8, 4) is 0 Å². The van der Waals surface area contributed by atoms with Crippen LogP contribution in [0.15, 0.2) is 24.3 Å². The van der Waals surface area contributed by atoms with Gasteiger partial charge in [-0.1, -0.05) is 29.8 Å². The number of carbonyl (C=O) groups excluding carboxylic acids is 1. The van der Waals surface area contributed by atoms with Crippen LogP contribution in [0.3, 0.4) is 0 Å². The Morgan fingerprint density at radius 1 is 1.35 bits per heavy atom. The van der Waals surface area contributed by atoms with Crippen molar-refractivity contribution in [2.75, 3.05) is 26.2 Å². The molecule has 128 valence electrons. The zero-order valence-electron chi connectivity index (χ0n) is 14.0. The third-order valence-electron chi connectivity index (χ3n) is 4.83. The summed E-state index contributed by atoms with van der Waals surface area (Å²) in [4.78, 5) is 14.7. The van der Waals surface area contributed by atoms with Crippen molar-refractivity contribution < 1.29 is 4.79 Å². The Labute approximate surface area is 145 Å². The van der Waals surface area contributed by atoms with Gasteiger partial charge in [0, 0.05) is 25.7 Å². The van der Waals surface area contributed by atoms with Gasteiger partial charge in [-0.2, -0.15) is 0 Å². The molecule has 1 amide bonds. The van der Waals surface area contributed by atoms with Crippen LogP contribution in [0.5, 0.6) is 0 Å². The molecule has 1 heterocycles. The summed E-state index contributed by atoms with van der Waals surface area (Å²) in [6, 6.07) is 9.20. The van der Waals surface area contributed by atoms with Gasteiger partial charge < -0.3 is 10.6 Å². The minimum absolute atomic E-state index is 0. The molecule has 1 unspecified atom stereocenters. The highest BCUT2D eigenvalue weighted by Crippen LogP contribution is 2.41. The number of benzene rings is 1. The molecule has 23 heavy (non-hydrogen) atoms. The number of amides is 1. The minimum Gasteiger partial charge on any atom is -0.348 e. The maximum Gasteiger partial charge on any atom is 0.234 e. The average molecular weight is 338 g/mol. The van der Waals surface area contributed by atoms with Crippen molar-refractivity contribution in [2.24, 2.45) is 5.92 Å². The lowest BCUT2D eigenvalue weighted by atomic mass is 10.0. The predicted octanol–water partition coefficient (Wildman–Crippen LogP) is 2.28.